The zero-order valence-electron chi connectivity index (χ0n) is 14.7. The van der Waals surface area contributed by atoms with Crippen molar-refractivity contribution in [3.05, 3.63) is 53.9 Å². The molecule has 2 aliphatic rings. The first-order valence-electron chi connectivity index (χ1n) is 9.21. The Morgan fingerprint density at radius 2 is 2.19 bits per heavy atom. The number of rotatable bonds is 2. The van der Waals surface area contributed by atoms with Gasteiger partial charge >= 0.3 is 0 Å². The molecule has 5 nitrogen and oxygen atoms in total. The minimum Gasteiger partial charge on any atom is -0.346 e. The van der Waals surface area contributed by atoms with Gasteiger partial charge in [0.05, 0.1) is 18.4 Å². The van der Waals surface area contributed by atoms with E-state index in [0.29, 0.717) is 6.42 Å². The third-order valence-electron chi connectivity index (χ3n) is 5.54. The second-order valence-corrected chi connectivity index (χ2v) is 7.21. The summed E-state index contributed by atoms with van der Waals surface area (Å²) in [6.45, 7) is 0. The van der Waals surface area contributed by atoms with Gasteiger partial charge in [0.1, 0.15) is 5.65 Å². The van der Waals surface area contributed by atoms with Gasteiger partial charge in [0.2, 0.25) is 5.91 Å². The van der Waals surface area contributed by atoms with E-state index in [9.17, 15) is 10.1 Å². The lowest BCUT2D eigenvalue weighted by Crippen LogP contribution is -2.04. The van der Waals surface area contributed by atoms with Crippen molar-refractivity contribution in [2.45, 2.75) is 25.7 Å². The van der Waals surface area contributed by atoms with E-state index in [0.717, 1.165) is 52.7 Å². The van der Waals surface area contributed by atoms with E-state index in [-0.39, 0.29) is 11.8 Å². The van der Waals surface area contributed by atoms with Gasteiger partial charge in [-0.2, -0.15) is 5.26 Å². The fourth-order valence-electron chi connectivity index (χ4n) is 4.15. The molecule has 5 heteroatoms. The highest BCUT2D eigenvalue weighted by molar-refractivity contribution is 6.01. The summed E-state index contributed by atoms with van der Waals surface area (Å²) >= 11 is 0. The number of hydrogen-bond acceptors (Lipinski definition) is 3. The number of aromatic nitrogens is 2. The van der Waals surface area contributed by atoms with Gasteiger partial charge in [-0.15, -0.1) is 0 Å². The summed E-state index contributed by atoms with van der Waals surface area (Å²) in [6, 6.07) is 10.6. The van der Waals surface area contributed by atoms with Gasteiger partial charge in [-0.1, -0.05) is 12.1 Å². The van der Waals surface area contributed by atoms with Crippen LogP contribution in [0.3, 0.4) is 0 Å². The van der Waals surface area contributed by atoms with E-state index in [1.54, 1.807) is 0 Å². The second kappa shape index (κ2) is 6.10. The van der Waals surface area contributed by atoms with E-state index >= 15 is 0 Å². The molecule has 1 aromatic carbocycles. The van der Waals surface area contributed by atoms with Gasteiger partial charge in [0.15, 0.2) is 0 Å². The van der Waals surface area contributed by atoms with Crippen molar-refractivity contribution >= 4 is 28.2 Å². The number of H-pyrrole nitrogens is 1. The third kappa shape index (κ3) is 2.61. The van der Waals surface area contributed by atoms with Crippen LogP contribution >= 0.6 is 0 Å². The van der Waals surface area contributed by atoms with Crippen molar-refractivity contribution in [2.24, 2.45) is 5.92 Å². The standard InChI is InChI=1S/C22H18N4O/c23-11-13-1-3-14(4-2-13)21-17-7-8-24-22(17)25-12-18(21)15-5-6-19-16(9-15)10-20(27)26-19/h3,5-9,12-13H,1-2,4,10H2,(H,24,25)(H,26,27). The van der Waals surface area contributed by atoms with Crippen LogP contribution in [0.1, 0.15) is 30.4 Å². The number of carbonyl (C=O) groups is 1. The molecule has 1 aliphatic carbocycles. The molecule has 27 heavy (non-hydrogen) atoms. The summed E-state index contributed by atoms with van der Waals surface area (Å²) in [5.41, 5.74) is 7.41. The number of pyridine rings is 1. The largest absolute Gasteiger partial charge is 0.346 e. The Bertz CT molecular complexity index is 1150. The molecule has 1 atom stereocenters. The average Bonchev–Trinajstić information content (AvgIpc) is 3.31. The summed E-state index contributed by atoms with van der Waals surface area (Å²) in [4.78, 5) is 19.5. The number of nitrogens with zero attached hydrogens (tertiary/aromatic N) is 2. The maximum atomic E-state index is 11.7. The summed E-state index contributed by atoms with van der Waals surface area (Å²) in [7, 11) is 0. The van der Waals surface area contributed by atoms with Crippen LogP contribution in [-0.2, 0) is 11.2 Å². The highest BCUT2D eigenvalue weighted by atomic mass is 16.1. The maximum Gasteiger partial charge on any atom is 0.228 e. The molecule has 1 amide bonds. The van der Waals surface area contributed by atoms with Crippen LogP contribution in [0.5, 0.6) is 0 Å². The van der Waals surface area contributed by atoms with Crippen molar-refractivity contribution in [1.82, 2.24) is 9.97 Å². The molecule has 2 aromatic heterocycles. The predicted molar refractivity (Wildman–Crippen MR) is 105 cm³/mol. The first-order valence-corrected chi connectivity index (χ1v) is 9.21. The van der Waals surface area contributed by atoms with Crippen molar-refractivity contribution in [2.75, 3.05) is 5.32 Å². The molecule has 2 N–H and O–H groups in total. The van der Waals surface area contributed by atoms with E-state index in [1.807, 2.05) is 24.5 Å². The highest BCUT2D eigenvalue weighted by Crippen LogP contribution is 2.40. The zero-order chi connectivity index (χ0) is 18.4. The second-order valence-electron chi connectivity index (χ2n) is 7.21. The van der Waals surface area contributed by atoms with Gasteiger partial charge in [0.25, 0.3) is 0 Å². The van der Waals surface area contributed by atoms with E-state index in [4.69, 9.17) is 0 Å². The number of nitrogens with one attached hydrogen (secondary N) is 2. The summed E-state index contributed by atoms with van der Waals surface area (Å²) in [5, 5.41) is 13.2. The SMILES string of the molecule is N#CC1CC=C(c2c(-c3ccc4c(c3)CC(=O)N4)cnc3[nH]ccc23)CC1. The first-order chi connectivity index (χ1) is 13.2. The molecule has 0 spiro atoms. The number of carbonyl (C=O) groups excluding carboxylic acids is 1. The highest BCUT2D eigenvalue weighted by Gasteiger charge is 2.22. The Labute approximate surface area is 156 Å². The average molecular weight is 354 g/mol. The monoisotopic (exact) mass is 354 g/mol. The molecule has 1 unspecified atom stereocenters. The molecule has 0 saturated heterocycles. The first kappa shape index (κ1) is 15.8. The molecule has 0 radical (unpaired) electrons. The molecule has 3 heterocycles. The quantitative estimate of drug-likeness (QED) is 0.714. The Balaban J connectivity index is 1.68. The summed E-state index contributed by atoms with van der Waals surface area (Å²) in [5.74, 6) is 0.150. The molecular weight excluding hydrogens is 336 g/mol. The minimum atomic E-state index is 0.0409. The Hall–Kier alpha value is -3.39. The molecule has 132 valence electrons. The lowest BCUT2D eigenvalue weighted by molar-refractivity contribution is -0.115. The normalized spacial score (nSPS) is 18.7. The van der Waals surface area contributed by atoms with Gasteiger partial charge in [-0.25, -0.2) is 4.98 Å². The van der Waals surface area contributed by atoms with Crippen LogP contribution in [0, 0.1) is 17.2 Å². The number of benzene rings is 1. The van der Waals surface area contributed by atoms with E-state index < -0.39 is 0 Å². The Morgan fingerprint density at radius 1 is 1.26 bits per heavy atom. The van der Waals surface area contributed by atoms with Gasteiger partial charge in [0, 0.05) is 29.0 Å². The molecule has 0 saturated carbocycles. The molecule has 3 aromatic rings. The van der Waals surface area contributed by atoms with Gasteiger partial charge in [-0.05, 0) is 59.7 Å². The van der Waals surface area contributed by atoms with Crippen LogP contribution in [-0.4, -0.2) is 15.9 Å². The number of aromatic amines is 1. The van der Waals surface area contributed by atoms with Crippen LogP contribution in [0.25, 0.3) is 27.7 Å². The van der Waals surface area contributed by atoms with Crippen molar-refractivity contribution in [1.29, 1.82) is 5.26 Å². The van der Waals surface area contributed by atoms with E-state index in [2.05, 4.69) is 39.6 Å². The lowest BCUT2D eigenvalue weighted by atomic mass is 9.84. The van der Waals surface area contributed by atoms with E-state index in [1.165, 1.54) is 11.1 Å². The van der Waals surface area contributed by atoms with Gasteiger partial charge in [-0.3, -0.25) is 4.79 Å². The number of amides is 1. The molecule has 0 fully saturated rings. The summed E-state index contributed by atoms with van der Waals surface area (Å²) in [6.07, 6.45) is 9.03. The van der Waals surface area contributed by atoms with Crippen LogP contribution < -0.4 is 5.32 Å². The number of hydrogen-bond donors (Lipinski definition) is 2. The fraction of sp³-hybridized carbons (Fsp3) is 0.227. The number of allylic oxidation sites excluding steroid dienone is 2. The van der Waals surface area contributed by atoms with Crippen LogP contribution in [0.15, 0.2) is 42.7 Å². The summed E-state index contributed by atoms with van der Waals surface area (Å²) < 4.78 is 0. The fourth-order valence-corrected chi connectivity index (χ4v) is 4.15. The smallest absolute Gasteiger partial charge is 0.228 e. The van der Waals surface area contributed by atoms with Crippen molar-refractivity contribution < 1.29 is 4.79 Å². The molecule has 1 aliphatic heterocycles. The predicted octanol–water partition coefficient (Wildman–Crippen LogP) is 4.43. The van der Waals surface area contributed by atoms with Crippen LogP contribution in [0.4, 0.5) is 5.69 Å². The zero-order valence-corrected chi connectivity index (χ0v) is 14.7. The maximum absolute atomic E-state index is 11.7. The molecular formula is C22H18N4O. The number of nitriles is 1. The topological polar surface area (TPSA) is 81.6 Å². The third-order valence-corrected chi connectivity index (χ3v) is 5.54. The van der Waals surface area contributed by atoms with Crippen LogP contribution in [0.2, 0.25) is 0 Å². The number of fused-ring (bicyclic) bond motifs is 2. The Morgan fingerprint density at radius 3 is 3.00 bits per heavy atom. The Kier molecular flexibility index (Phi) is 3.58. The minimum absolute atomic E-state index is 0.0409. The lowest BCUT2D eigenvalue weighted by Gasteiger charge is -2.20. The molecule has 0 bridgehead atoms. The van der Waals surface area contributed by atoms with Crippen molar-refractivity contribution in [3.8, 4) is 17.2 Å². The molecule has 5 rings (SSSR count). The van der Waals surface area contributed by atoms with Gasteiger partial charge < -0.3 is 10.3 Å². The van der Waals surface area contributed by atoms with Crippen molar-refractivity contribution in [3.63, 3.8) is 0 Å². The number of anilines is 1.